The topological polar surface area (TPSA) is 98.2 Å². The van der Waals surface area contributed by atoms with E-state index in [1.807, 2.05) is 24.3 Å². The second kappa shape index (κ2) is 5.99. The van der Waals surface area contributed by atoms with E-state index in [1.165, 1.54) is 11.8 Å². The minimum absolute atomic E-state index is 0.183. The number of aromatic nitrogens is 5. The van der Waals surface area contributed by atoms with Gasteiger partial charge in [0.15, 0.2) is 16.6 Å². The number of nitrogens with zero attached hydrogens (tertiary/aromatic N) is 5. The van der Waals surface area contributed by atoms with E-state index in [4.69, 9.17) is 4.52 Å². The zero-order chi connectivity index (χ0) is 16.6. The Morgan fingerprint density at radius 3 is 2.78 bits per heavy atom. The maximum Gasteiger partial charge on any atom is 0.238 e. The molecule has 8 nitrogen and oxygen atoms in total. The molecule has 120 valence electrons. The molecule has 3 aromatic heterocycles. The van der Waals surface area contributed by atoms with Crippen LogP contribution in [0, 0.1) is 20.8 Å². The lowest BCUT2D eigenvalue weighted by Gasteiger charge is -2.09. The van der Waals surface area contributed by atoms with E-state index in [9.17, 15) is 4.79 Å². The molecule has 0 aromatic carbocycles. The van der Waals surface area contributed by atoms with Crippen LogP contribution in [0.2, 0.25) is 0 Å². The summed E-state index contributed by atoms with van der Waals surface area (Å²) in [5.41, 5.74) is 1.60. The summed E-state index contributed by atoms with van der Waals surface area (Å²) in [4.78, 5) is 16.6. The van der Waals surface area contributed by atoms with Crippen LogP contribution in [0.3, 0.4) is 0 Å². The van der Waals surface area contributed by atoms with Gasteiger partial charge in [0.25, 0.3) is 0 Å². The van der Waals surface area contributed by atoms with Gasteiger partial charge in [0.05, 0.1) is 5.25 Å². The first kappa shape index (κ1) is 15.5. The summed E-state index contributed by atoms with van der Waals surface area (Å²) < 4.78 is 6.76. The Hall–Kier alpha value is -2.42. The van der Waals surface area contributed by atoms with Gasteiger partial charge in [-0.25, -0.2) is 4.98 Å². The van der Waals surface area contributed by atoms with Crippen LogP contribution in [-0.4, -0.2) is 35.9 Å². The third kappa shape index (κ3) is 3.19. The maximum absolute atomic E-state index is 12.2. The van der Waals surface area contributed by atoms with Crippen molar-refractivity contribution in [2.24, 2.45) is 0 Å². The molecule has 0 aliphatic rings. The van der Waals surface area contributed by atoms with Gasteiger partial charge in [0.1, 0.15) is 11.6 Å². The van der Waals surface area contributed by atoms with Crippen molar-refractivity contribution >= 4 is 29.1 Å². The Morgan fingerprint density at radius 2 is 2.09 bits per heavy atom. The summed E-state index contributed by atoms with van der Waals surface area (Å²) in [5.74, 6) is 1.64. The van der Waals surface area contributed by atoms with E-state index >= 15 is 0 Å². The number of rotatable bonds is 4. The molecule has 0 aliphatic carbocycles. The highest BCUT2D eigenvalue weighted by molar-refractivity contribution is 8.00. The van der Waals surface area contributed by atoms with E-state index in [-0.39, 0.29) is 11.2 Å². The quantitative estimate of drug-likeness (QED) is 0.731. The lowest BCUT2D eigenvalue weighted by atomic mass is 10.4. The molecule has 0 saturated heterocycles. The zero-order valence-electron chi connectivity index (χ0n) is 13.2. The molecule has 0 radical (unpaired) electrons. The molecule has 0 bridgehead atoms. The van der Waals surface area contributed by atoms with E-state index in [1.54, 1.807) is 19.9 Å². The minimum Gasteiger partial charge on any atom is -0.360 e. The van der Waals surface area contributed by atoms with Crippen molar-refractivity contribution in [1.82, 2.24) is 24.7 Å². The number of thioether (sulfide) groups is 1. The highest BCUT2D eigenvalue weighted by atomic mass is 32.2. The predicted octanol–water partition coefficient (Wildman–Crippen LogP) is 2.16. The number of hydrogen-bond donors (Lipinski definition) is 1. The number of aryl methyl sites for hydroxylation is 3. The van der Waals surface area contributed by atoms with Crippen LogP contribution < -0.4 is 5.32 Å². The van der Waals surface area contributed by atoms with Crippen molar-refractivity contribution in [3.8, 4) is 0 Å². The Balaban J connectivity index is 1.77. The van der Waals surface area contributed by atoms with Crippen LogP contribution in [0.1, 0.15) is 24.2 Å². The molecule has 0 unspecified atom stereocenters. The Kier molecular flexibility index (Phi) is 4.03. The van der Waals surface area contributed by atoms with Crippen molar-refractivity contribution in [2.45, 2.75) is 38.1 Å². The standard InChI is InChI=1S/C14H16N6O2S/c1-7-5-12-17-18-14(20(12)10(4)15-7)23-9(3)13(21)16-11-6-8(2)22-19-11/h5-6,9H,1-4H3,(H,16,19,21)/t9-/m1/s1. The van der Waals surface area contributed by atoms with Crippen LogP contribution in [0.4, 0.5) is 5.82 Å². The van der Waals surface area contributed by atoms with E-state index < -0.39 is 0 Å². The molecule has 3 aromatic rings. The Morgan fingerprint density at radius 1 is 1.30 bits per heavy atom. The van der Waals surface area contributed by atoms with Crippen molar-refractivity contribution in [3.05, 3.63) is 29.4 Å². The van der Waals surface area contributed by atoms with Crippen LogP contribution in [0.5, 0.6) is 0 Å². The lowest BCUT2D eigenvalue weighted by Crippen LogP contribution is -2.23. The number of nitrogens with one attached hydrogen (secondary N) is 1. The summed E-state index contributed by atoms with van der Waals surface area (Å²) in [6.45, 7) is 7.35. The van der Waals surface area contributed by atoms with Crippen LogP contribution in [-0.2, 0) is 4.79 Å². The summed E-state index contributed by atoms with van der Waals surface area (Å²) >= 11 is 1.31. The summed E-state index contributed by atoms with van der Waals surface area (Å²) in [5, 5.41) is 15.0. The van der Waals surface area contributed by atoms with Crippen molar-refractivity contribution in [1.29, 1.82) is 0 Å². The molecule has 1 N–H and O–H groups in total. The number of carbonyl (C=O) groups is 1. The Labute approximate surface area is 136 Å². The molecule has 23 heavy (non-hydrogen) atoms. The molecular weight excluding hydrogens is 316 g/mol. The highest BCUT2D eigenvalue weighted by Gasteiger charge is 2.20. The van der Waals surface area contributed by atoms with Gasteiger partial charge >= 0.3 is 0 Å². The number of hydrogen-bond acceptors (Lipinski definition) is 7. The van der Waals surface area contributed by atoms with Crippen LogP contribution in [0.25, 0.3) is 5.65 Å². The third-order valence-corrected chi connectivity index (χ3v) is 4.23. The first-order valence-electron chi connectivity index (χ1n) is 7.04. The van der Waals surface area contributed by atoms with Crippen molar-refractivity contribution in [3.63, 3.8) is 0 Å². The predicted molar refractivity (Wildman–Crippen MR) is 85.4 cm³/mol. The molecule has 1 amide bonds. The normalized spacial score (nSPS) is 12.5. The van der Waals surface area contributed by atoms with Crippen LogP contribution >= 0.6 is 11.8 Å². The smallest absolute Gasteiger partial charge is 0.238 e. The minimum atomic E-state index is -0.375. The summed E-state index contributed by atoms with van der Waals surface area (Å²) in [6, 6.07) is 3.52. The average Bonchev–Trinajstić information content (AvgIpc) is 3.05. The second-order valence-corrected chi connectivity index (χ2v) is 6.50. The van der Waals surface area contributed by atoms with Gasteiger partial charge in [-0.15, -0.1) is 10.2 Å². The SMILES string of the molecule is Cc1cc2nnc(S[C@H](C)C(=O)Nc3cc(C)on3)n2c(C)n1. The molecular formula is C14H16N6O2S. The molecule has 3 heterocycles. The van der Waals surface area contributed by atoms with Gasteiger partial charge in [0.2, 0.25) is 5.91 Å². The fraction of sp³-hybridized carbons (Fsp3) is 0.357. The van der Waals surface area contributed by atoms with Gasteiger partial charge in [-0.05, 0) is 27.7 Å². The maximum atomic E-state index is 12.2. The first-order chi connectivity index (χ1) is 10.9. The fourth-order valence-electron chi connectivity index (χ4n) is 2.14. The molecule has 0 aliphatic heterocycles. The molecule has 0 saturated carbocycles. The highest BCUT2D eigenvalue weighted by Crippen LogP contribution is 2.24. The number of anilines is 1. The molecule has 3 rings (SSSR count). The van der Waals surface area contributed by atoms with Gasteiger partial charge in [-0.1, -0.05) is 16.9 Å². The monoisotopic (exact) mass is 332 g/mol. The largest absolute Gasteiger partial charge is 0.360 e. The fourth-order valence-corrected chi connectivity index (χ4v) is 3.05. The molecule has 1 atom stereocenters. The molecule has 9 heteroatoms. The molecule has 0 fully saturated rings. The molecule has 0 spiro atoms. The van der Waals surface area contributed by atoms with Gasteiger partial charge in [0, 0.05) is 17.8 Å². The van der Waals surface area contributed by atoms with E-state index in [0.29, 0.717) is 16.7 Å². The van der Waals surface area contributed by atoms with Crippen molar-refractivity contribution < 1.29 is 9.32 Å². The number of fused-ring (bicyclic) bond motifs is 1. The number of amides is 1. The lowest BCUT2D eigenvalue weighted by molar-refractivity contribution is -0.115. The van der Waals surface area contributed by atoms with Gasteiger partial charge in [-0.2, -0.15) is 0 Å². The van der Waals surface area contributed by atoms with Crippen LogP contribution in [0.15, 0.2) is 21.8 Å². The average molecular weight is 332 g/mol. The number of carbonyl (C=O) groups excluding carboxylic acids is 1. The van der Waals surface area contributed by atoms with Gasteiger partial charge < -0.3 is 9.84 Å². The second-order valence-electron chi connectivity index (χ2n) is 5.19. The van der Waals surface area contributed by atoms with Gasteiger partial charge in [-0.3, -0.25) is 9.20 Å². The van der Waals surface area contributed by atoms with E-state index in [2.05, 4.69) is 25.7 Å². The third-order valence-electron chi connectivity index (χ3n) is 3.19. The summed E-state index contributed by atoms with van der Waals surface area (Å²) in [6.07, 6.45) is 0. The zero-order valence-corrected chi connectivity index (χ0v) is 14.0. The Bertz CT molecular complexity index is 871. The van der Waals surface area contributed by atoms with Crippen molar-refractivity contribution in [2.75, 3.05) is 5.32 Å². The summed E-state index contributed by atoms with van der Waals surface area (Å²) in [7, 11) is 0. The first-order valence-corrected chi connectivity index (χ1v) is 7.92. The van der Waals surface area contributed by atoms with E-state index in [0.717, 1.165) is 17.2 Å².